The van der Waals surface area contributed by atoms with Crippen molar-refractivity contribution in [2.45, 2.75) is 18.9 Å². The molecule has 0 amide bonds. The summed E-state index contributed by atoms with van der Waals surface area (Å²) in [6.45, 7) is 0. The van der Waals surface area contributed by atoms with E-state index >= 15 is 0 Å². The standard InChI is InChI=1S/C13H16N2O2/c1-17-13(16)7-6-10(14)12-8-9-4-2-3-5-11(9)15-12/h2-5,8,10,15H,6-7,14H2,1H3. The van der Waals surface area contributed by atoms with Crippen molar-refractivity contribution in [2.24, 2.45) is 5.73 Å². The Morgan fingerprint density at radius 3 is 2.94 bits per heavy atom. The second kappa shape index (κ2) is 5.01. The number of fused-ring (bicyclic) bond motifs is 1. The Morgan fingerprint density at radius 1 is 1.47 bits per heavy atom. The Bertz CT molecular complexity index is 486. The van der Waals surface area contributed by atoms with Gasteiger partial charge in [-0.15, -0.1) is 0 Å². The van der Waals surface area contributed by atoms with E-state index in [4.69, 9.17) is 5.73 Å². The van der Waals surface area contributed by atoms with Gasteiger partial charge in [0.2, 0.25) is 0 Å². The topological polar surface area (TPSA) is 68.1 Å². The first-order valence-corrected chi connectivity index (χ1v) is 5.61. The van der Waals surface area contributed by atoms with E-state index in [9.17, 15) is 4.79 Å². The van der Waals surface area contributed by atoms with Crippen molar-refractivity contribution in [1.29, 1.82) is 0 Å². The monoisotopic (exact) mass is 232 g/mol. The summed E-state index contributed by atoms with van der Waals surface area (Å²) in [6, 6.07) is 9.86. The number of hydrogen-bond acceptors (Lipinski definition) is 3. The molecule has 0 aliphatic heterocycles. The Kier molecular flexibility index (Phi) is 3.44. The molecule has 0 fully saturated rings. The molecule has 0 aliphatic carbocycles. The quantitative estimate of drug-likeness (QED) is 0.793. The summed E-state index contributed by atoms with van der Waals surface area (Å²) in [5.41, 5.74) is 8.04. The number of nitrogens with one attached hydrogen (secondary N) is 1. The Morgan fingerprint density at radius 2 is 2.24 bits per heavy atom. The summed E-state index contributed by atoms with van der Waals surface area (Å²) >= 11 is 0. The third-order valence-corrected chi connectivity index (χ3v) is 2.84. The van der Waals surface area contributed by atoms with Crippen LogP contribution in [0.15, 0.2) is 30.3 Å². The van der Waals surface area contributed by atoms with Gasteiger partial charge in [-0.05, 0) is 23.9 Å². The van der Waals surface area contributed by atoms with Crippen molar-refractivity contribution < 1.29 is 9.53 Å². The van der Waals surface area contributed by atoms with E-state index in [1.165, 1.54) is 7.11 Å². The third kappa shape index (κ3) is 2.65. The van der Waals surface area contributed by atoms with E-state index in [1.807, 2.05) is 30.3 Å². The fourth-order valence-electron chi connectivity index (χ4n) is 1.83. The van der Waals surface area contributed by atoms with Crippen molar-refractivity contribution in [1.82, 2.24) is 4.98 Å². The maximum Gasteiger partial charge on any atom is 0.305 e. The van der Waals surface area contributed by atoms with Gasteiger partial charge < -0.3 is 15.5 Å². The van der Waals surface area contributed by atoms with Crippen molar-refractivity contribution >= 4 is 16.9 Å². The third-order valence-electron chi connectivity index (χ3n) is 2.84. The Labute approximate surface area is 99.8 Å². The van der Waals surface area contributed by atoms with Crippen LogP contribution in [-0.2, 0) is 9.53 Å². The number of benzene rings is 1. The average molecular weight is 232 g/mol. The summed E-state index contributed by atoms with van der Waals surface area (Å²) < 4.78 is 4.59. The first-order valence-electron chi connectivity index (χ1n) is 5.61. The predicted octanol–water partition coefficient (Wildman–Crippen LogP) is 2.12. The summed E-state index contributed by atoms with van der Waals surface area (Å²) in [6.07, 6.45) is 0.923. The molecule has 2 rings (SSSR count). The number of nitrogens with two attached hydrogens (primary N) is 1. The van der Waals surface area contributed by atoms with Crippen LogP contribution in [0.1, 0.15) is 24.6 Å². The first kappa shape index (κ1) is 11.7. The molecule has 1 heterocycles. The summed E-state index contributed by atoms with van der Waals surface area (Å²) in [7, 11) is 1.39. The SMILES string of the molecule is COC(=O)CCC(N)c1cc2ccccc2[nH]1. The number of methoxy groups -OCH3 is 1. The number of esters is 1. The van der Waals surface area contributed by atoms with Crippen LogP contribution in [0.4, 0.5) is 0 Å². The van der Waals surface area contributed by atoms with Crippen LogP contribution in [0.2, 0.25) is 0 Å². The van der Waals surface area contributed by atoms with E-state index in [0.29, 0.717) is 12.8 Å². The number of para-hydroxylation sites is 1. The zero-order valence-electron chi connectivity index (χ0n) is 9.77. The Balaban J connectivity index is 2.08. The lowest BCUT2D eigenvalue weighted by Gasteiger charge is -2.08. The summed E-state index contributed by atoms with van der Waals surface area (Å²) in [4.78, 5) is 14.3. The second-order valence-corrected chi connectivity index (χ2v) is 4.03. The minimum absolute atomic E-state index is 0.165. The van der Waals surface area contributed by atoms with Crippen LogP contribution < -0.4 is 5.73 Å². The van der Waals surface area contributed by atoms with Gasteiger partial charge in [0, 0.05) is 23.7 Å². The van der Waals surface area contributed by atoms with Crippen LogP contribution in [0.5, 0.6) is 0 Å². The fraction of sp³-hybridized carbons (Fsp3) is 0.308. The molecule has 4 heteroatoms. The van der Waals surface area contributed by atoms with Gasteiger partial charge in [-0.2, -0.15) is 0 Å². The molecule has 0 bridgehead atoms. The van der Waals surface area contributed by atoms with E-state index in [0.717, 1.165) is 16.6 Å². The minimum Gasteiger partial charge on any atom is -0.469 e. The number of ether oxygens (including phenoxy) is 1. The smallest absolute Gasteiger partial charge is 0.305 e. The average Bonchev–Trinajstić information content (AvgIpc) is 2.79. The van der Waals surface area contributed by atoms with E-state index < -0.39 is 0 Å². The maximum absolute atomic E-state index is 11.0. The van der Waals surface area contributed by atoms with Crippen molar-refractivity contribution in [3.63, 3.8) is 0 Å². The van der Waals surface area contributed by atoms with Crippen LogP contribution >= 0.6 is 0 Å². The number of carbonyl (C=O) groups is 1. The van der Waals surface area contributed by atoms with Crippen molar-refractivity contribution in [3.8, 4) is 0 Å². The highest BCUT2D eigenvalue weighted by atomic mass is 16.5. The number of carbonyl (C=O) groups excluding carboxylic acids is 1. The molecule has 1 unspecified atom stereocenters. The zero-order valence-corrected chi connectivity index (χ0v) is 9.77. The van der Waals surface area contributed by atoms with E-state index in [1.54, 1.807) is 0 Å². The lowest BCUT2D eigenvalue weighted by molar-refractivity contribution is -0.140. The van der Waals surface area contributed by atoms with Gasteiger partial charge in [-0.1, -0.05) is 18.2 Å². The normalized spacial score (nSPS) is 12.6. The molecule has 1 atom stereocenters. The molecule has 17 heavy (non-hydrogen) atoms. The summed E-state index contributed by atoms with van der Waals surface area (Å²) in [5.74, 6) is -0.225. The fourth-order valence-corrected chi connectivity index (χ4v) is 1.83. The largest absolute Gasteiger partial charge is 0.469 e. The predicted molar refractivity (Wildman–Crippen MR) is 66.5 cm³/mol. The van der Waals surface area contributed by atoms with Gasteiger partial charge in [-0.25, -0.2) is 0 Å². The molecule has 2 aromatic rings. The van der Waals surface area contributed by atoms with Gasteiger partial charge >= 0.3 is 5.97 Å². The zero-order chi connectivity index (χ0) is 12.3. The molecule has 90 valence electrons. The molecule has 3 N–H and O–H groups in total. The Hall–Kier alpha value is -1.81. The molecule has 0 saturated heterocycles. The van der Waals surface area contributed by atoms with E-state index in [2.05, 4.69) is 9.72 Å². The van der Waals surface area contributed by atoms with Crippen molar-refractivity contribution in [2.75, 3.05) is 7.11 Å². The van der Waals surface area contributed by atoms with Crippen LogP contribution in [-0.4, -0.2) is 18.1 Å². The van der Waals surface area contributed by atoms with Crippen molar-refractivity contribution in [3.05, 3.63) is 36.0 Å². The van der Waals surface area contributed by atoms with Gasteiger partial charge in [0.05, 0.1) is 7.11 Å². The number of H-pyrrole nitrogens is 1. The summed E-state index contributed by atoms with van der Waals surface area (Å²) in [5, 5.41) is 1.14. The van der Waals surface area contributed by atoms with Crippen LogP contribution in [0.3, 0.4) is 0 Å². The highest BCUT2D eigenvalue weighted by Crippen LogP contribution is 2.21. The molecule has 1 aromatic heterocycles. The lowest BCUT2D eigenvalue weighted by atomic mass is 10.1. The maximum atomic E-state index is 11.0. The first-order chi connectivity index (χ1) is 8.20. The van der Waals surface area contributed by atoms with Crippen LogP contribution in [0.25, 0.3) is 10.9 Å². The molecule has 1 aromatic carbocycles. The molecule has 0 aliphatic rings. The highest BCUT2D eigenvalue weighted by Gasteiger charge is 2.11. The number of aromatic nitrogens is 1. The molecular weight excluding hydrogens is 216 g/mol. The minimum atomic E-state index is -0.225. The highest BCUT2D eigenvalue weighted by molar-refractivity contribution is 5.80. The van der Waals surface area contributed by atoms with Gasteiger partial charge in [-0.3, -0.25) is 4.79 Å². The molecular formula is C13H16N2O2. The number of aromatic amines is 1. The second-order valence-electron chi connectivity index (χ2n) is 4.03. The molecule has 0 saturated carbocycles. The number of rotatable bonds is 4. The lowest BCUT2D eigenvalue weighted by Crippen LogP contribution is -2.13. The van der Waals surface area contributed by atoms with Crippen LogP contribution in [0, 0.1) is 0 Å². The number of hydrogen-bond donors (Lipinski definition) is 2. The van der Waals surface area contributed by atoms with Gasteiger partial charge in [0.15, 0.2) is 0 Å². The molecule has 0 spiro atoms. The molecule has 4 nitrogen and oxygen atoms in total. The van der Waals surface area contributed by atoms with E-state index in [-0.39, 0.29) is 12.0 Å². The van der Waals surface area contributed by atoms with Gasteiger partial charge in [0.25, 0.3) is 0 Å². The van der Waals surface area contributed by atoms with Gasteiger partial charge in [0.1, 0.15) is 0 Å². The molecule has 0 radical (unpaired) electrons.